The van der Waals surface area contributed by atoms with Crippen molar-refractivity contribution >= 4 is 30.4 Å². The summed E-state index contributed by atoms with van der Waals surface area (Å²) in [6.07, 6.45) is 20.9. The van der Waals surface area contributed by atoms with Crippen LogP contribution in [0.1, 0.15) is 16.8 Å². The van der Waals surface area contributed by atoms with E-state index < -0.39 is 0 Å². The first kappa shape index (κ1) is 17.8. The SMILES string of the molecule is N#Cc1cccc2c1N=CC=NCc1cncn1C=CC=CC=COC=C2. The maximum atomic E-state index is 9.33. The van der Waals surface area contributed by atoms with Gasteiger partial charge in [0.15, 0.2) is 0 Å². The molecule has 3 rings (SSSR count). The minimum Gasteiger partial charge on any atom is -0.473 e. The molecule has 0 saturated heterocycles. The molecule has 0 spiro atoms. The fourth-order valence-corrected chi connectivity index (χ4v) is 2.34. The Hall–Kier alpha value is -3.98. The van der Waals surface area contributed by atoms with E-state index in [1.165, 1.54) is 0 Å². The van der Waals surface area contributed by atoms with Crippen molar-refractivity contribution in [3.05, 3.63) is 84.4 Å². The summed E-state index contributed by atoms with van der Waals surface area (Å²) in [5.74, 6) is 0. The number of benzene rings is 1. The van der Waals surface area contributed by atoms with Gasteiger partial charge in [0.1, 0.15) is 6.07 Å². The Labute approximate surface area is 157 Å². The molecular weight excluding hydrogens is 338 g/mol. The molecule has 2 heterocycles. The molecule has 27 heavy (non-hydrogen) atoms. The lowest BCUT2D eigenvalue weighted by Gasteiger charge is -2.02. The Balaban J connectivity index is 1.92. The lowest BCUT2D eigenvalue weighted by atomic mass is 10.1. The van der Waals surface area contributed by atoms with Crippen molar-refractivity contribution in [1.82, 2.24) is 9.55 Å². The lowest BCUT2D eigenvalue weighted by molar-refractivity contribution is 0.406. The number of allylic oxidation sites excluding steroid dienone is 4. The molecule has 0 atom stereocenters. The van der Waals surface area contributed by atoms with E-state index in [1.54, 1.807) is 55.7 Å². The van der Waals surface area contributed by atoms with Gasteiger partial charge >= 0.3 is 0 Å². The van der Waals surface area contributed by atoms with Crippen LogP contribution in [0.3, 0.4) is 0 Å². The third kappa shape index (κ3) is 5.00. The van der Waals surface area contributed by atoms with Crippen LogP contribution in [-0.2, 0) is 11.3 Å². The maximum Gasteiger partial charge on any atom is 0.101 e. The molecule has 0 bridgehead atoms. The van der Waals surface area contributed by atoms with Gasteiger partial charge in [0.2, 0.25) is 0 Å². The zero-order chi connectivity index (χ0) is 18.7. The van der Waals surface area contributed by atoms with Crippen LogP contribution in [0, 0.1) is 11.3 Å². The van der Waals surface area contributed by atoms with Crippen molar-refractivity contribution in [3.8, 4) is 6.07 Å². The Bertz CT molecular complexity index is 1000. The number of hydrogen-bond donors (Lipinski definition) is 0. The number of ether oxygens (including phenoxy) is 1. The summed E-state index contributed by atoms with van der Waals surface area (Å²) in [5, 5.41) is 9.33. The topological polar surface area (TPSA) is 75.6 Å². The van der Waals surface area contributed by atoms with Crippen molar-refractivity contribution < 1.29 is 4.74 Å². The minimum absolute atomic E-state index is 0.473. The second-order valence-electron chi connectivity index (χ2n) is 5.41. The van der Waals surface area contributed by atoms with Gasteiger partial charge in [-0.15, -0.1) is 0 Å². The summed E-state index contributed by atoms with van der Waals surface area (Å²) < 4.78 is 7.24. The molecule has 0 aliphatic carbocycles. The van der Waals surface area contributed by atoms with E-state index in [9.17, 15) is 5.26 Å². The third-order valence-corrected chi connectivity index (χ3v) is 3.63. The summed E-state index contributed by atoms with van der Waals surface area (Å²) >= 11 is 0. The van der Waals surface area contributed by atoms with Gasteiger partial charge in [0.25, 0.3) is 0 Å². The van der Waals surface area contributed by atoms with Crippen molar-refractivity contribution in [2.45, 2.75) is 6.54 Å². The Morgan fingerprint density at radius 3 is 2.93 bits per heavy atom. The summed E-state index contributed by atoms with van der Waals surface area (Å²) in [6.45, 7) is 0.473. The van der Waals surface area contributed by atoms with Crippen LogP contribution in [0.5, 0.6) is 0 Å². The van der Waals surface area contributed by atoms with E-state index in [-0.39, 0.29) is 0 Å². The highest BCUT2D eigenvalue weighted by atomic mass is 16.5. The molecule has 2 aromatic rings. The van der Waals surface area contributed by atoms with E-state index >= 15 is 0 Å². The van der Waals surface area contributed by atoms with Crippen LogP contribution in [0.25, 0.3) is 12.3 Å². The molecule has 1 aliphatic rings. The number of fused-ring (bicyclic) bond motifs is 2. The molecule has 0 amide bonds. The minimum atomic E-state index is 0.473. The Kier molecular flexibility index (Phi) is 6.27. The highest BCUT2D eigenvalue weighted by molar-refractivity contribution is 6.17. The Morgan fingerprint density at radius 1 is 1.07 bits per heavy atom. The number of aromatic nitrogens is 2. The van der Waals surface area contributed by atoms with Gasteiger partial charge < -0.3 is 9.30 Å². The van der Waals surface area contributed by atoms with Crippen LogP contribution in [0.15, 0.2) is 77.5 Å². The number of imidazole rings is 1. The zero-order valence-electron chi connectivity index (χ0n) is 14.5. The first-order chi connectivity index (χ1) is 13.4. The molecule has 0 saturated carbocycles. The monoisotopic (exact) mass is 355 g/mol. The van der Waals surface area contributed by atoms with Crippen molar-refractivity contribution in [2.75, 3.05) is 0 Å². The number of nitriles is 1. The fraction of sp³-hybridized carbons (Fsp3) is 0.0476. The number of aliphatic imine (C=N–C) groups is 2. The molecule has 0 unspecified atom stereocenters. The van der Waals surface area contributed by atoms with Crippen molar-refractivity contribution in [3.63, 3.8) is 0 Å². The van der Waals surface area contributed by atoms with Gasteiger partial charge in [-0.3, -0.25) is 9.98 Å². The van der Waals surface area contributed by atoms with E-state index in [4.69, 9.17) is 4.74 Å². The van der Waals surface area contributed by atoms with E-state index in [1.807, 2.05) is 41.1 Å². The standard InChI is InChI=1S/C21H17N5O/c22-14-19-7-5-6-18-8-13-27-12-4-2-1-3-11-26-17-24-16-20(26)15-23-9-10-25-21(18)19/h1-13,16-17H,15H2. The molecule has 0 N–H and O–H groups in total. The smallest absolute Gasteiger partial charge is 0.101 e. The fourth-order valence-electron chi connectivity index (χ4n) is 2.34. The van der Waals surface area contributed by atoms with Crippen molar-refractivity contribution in [1.29, 1.82) is 5.26 Å². The quantitative estimate of drug-likeness (QED) is 0.708. The summed E-state index contributed by atoms with van der Waals surface area (Å²) in [5.41, 5.74) is 2.79. The molecule has 6 heteroatoms. The maximum absolute atomic E-state index is 9.33. The first-order valence-electron chi connectivity index (χ1n) is 8.27. The van der Waals surface area contributed by atoms with Crippen molar-refractivity contribution in [2.24, 2.45) is 9.98 Å². The summed E-state index contributed by atoms with van der Waals surface area (Å²) in [6, 6.07) is 7.56. The Morgan fingerprint density at radius 2 is 2.00 bits per heavy atom. The average Bonchev–Trinajstić information content (AvgIpc) is 3.13. The summed E-state index contributed by atoms with van der Waals surface area (Å²) in [4.78, 5) is 12.9. The zero-order valence-corrected chi connectivity index (χ0v) is 14.5. The predicted octanol–water partition coefficient (Wildman–Crippen LogP) is 4.27. The van der Waals surface area contributed by atoms with Crippen LogP contribution >= 0.6 is 0 Å². The average molecular weight is 355 g/mol. The number of para-hydroxylation sites is 1. The van der Waals surface area contributed by atoms with E-state index in [0.29, 0.717) is 17.8 Å². The highest BCUT2D eigenvalue weighted by Gasteiger charge is 2.04. The van der Waals surface area contributed by atoms with Gasteiger partial charge in [0.05, 0.1) is 48.5 Å². The van der Waals surface area contributed by atoms with Gasteiger partial charge in [0, 0.05) is 24.2 Å². The van der Waals surface area contributed by atoms with Gasteiger partial charge in [-0.2, -0.15) is 5.26 Å². The largest absolute Gasteiger partial charge is 0.473 e. The molecule has 0 radical (unpaired) electrons. The number of nitrogens with zero attached hydrogens (tertiary/aromatic N) is 5. The van der Waals surface area contributed by atoms with Gasteiger partial charge in [-0.25, -0.2) is 4.98 Å². The first-order valence-corrected chi connectivity index (χ1v) is 8.27. The second kappa shape index (κ2) is 9.49. The van der Waals surface area contributed by atoms with Crippen LogP contribution in [0.2, 0.25) is 0 Å². The molecule has 1 aromatic carbocycles. The van der Waals surface area contributed by atoms with E-state index in [0.717, 1.165) is 11.3 Å². The molecular formula is C21H17N5O. The summed E-state index contributed by atoms with van der Waals surface area (Å²) in [7, 11) is 0. The van der Waals surface area contributed by atoms with Crippen LogP contribution < -0.4 is 0 Å². The van der Waals surface area contributed by atoms with Crippen LogP contribution in [0.4, 0.5) is 5.69 Å². The number of rotatable bonds is 0. The molecule has 0 fully saturated rings. The second-order valence-corrected chi connectivity index (χ2v) is 5.41. The molecule has 6 nitrogen and oxygen atoms in total. The molecule has 132 valence electrons. The van der Waals surface area contributed by atoms with Gasteiger partial charge in [-0.1, -0.05) is 24.3 Å². The normalized spacial score (nSPS) is 13.9. The number of hydrogen-bond acceptors (Lipinski definition) is 5. The molecule has 1 aromatic heterocycles. The molecule has 1 aliphatic heterocycles. The highest BCUT2D eigenvalue weighted by Crippen LogP contribution is 2.25. The van der Waals surface area contributed by atoms with E-state index in [2.05, 4.69) is 21.0 Å². The lowest BCUT2D eigenvalue weighted by Crippen LogP contribution is -1.92. The van der Waals surface area contributed by atoms with Crippen LogP contribution in [-0.4, -0.2) is 22.0 Å². The van der Waals surface area contributed by atoms with Gasteiger partial charge in [-0.05, 0) is 24.3 Å². The predicted molar refractivity (Wildman–Crippen MR) is 107 cm³/mol. The third-order valence-electron chi connectivity index (χ3n) is 3.63.